The molecule has 1 N–H and O–H groups in total. The van der Waals surface area contributed by atoms with E-state index in [-0.39, 0.29) is 0 Å². The summed E-state index contributed by atoms with van der Waals surface area (Å²) in [4.78, 5) is 5.11. The second kappa shape index (κ2) is 6.88. The Bertz CT molecular complexity index is 238. The Labute approximate surface area is 113 Å². The van der Waals surface area contributed by atoms with Crippen LogP contribution in [-0.4, -0.2) is 61.7 Å². The van der Waals surface area contributed by atoms with E-state index < -0.39 is 0 Å². The Morgan fingerprint density at radius 3 is 2.72 bits per heavy atom. The summed E-state index contributed by atoms with van der Waals surface area (Å²) in [5.74, 6) is 0.911. The van der Waals surface area contributed by atoms with Gasteiger partial charge in [0.2, 0.25) is 0 Å². The Morgan fingerprint density at radius 2 is 2.06 bits per heavy atom. The van der Waals surface area contributed by atoms with Gasteiger partial charge in [0.05, 0.1) is 0 Å². The summed E-state index contributed by atoms with van der Waals surface area (Å²) in [6.45, 7) is 11.0. The van der Waals surface area contributed by atoms with E-state index >= 15 is 0 Å². The van der Waals surface area contributed by atoms with Gasteiger partial charge in [0.25, 0.3) is 0 Å². The Kier molecular flexibility index (Phi) is 5.46. The summed E-state index contributed by atoms with van der Waals surface area (Å²) in [5.41, 5.74) is 0. The summed E-state index contributed by atoms with van der Waals surface area (Å²) < 4.78 is 0. The summed E-state index contributed by atoms with van der Waals surface area (Å²) in [6, 6.07) is 1.55. The third kappa shape index (κ3) is 4.87. The third-order valence-electron chi connectivity index (χ3n) is 4.51. The molecule has 1 saturated heterocycles. The highest BCUT2D eigenvalue weighted by atomic mass is 15.2. The van der Waals surface area contributed by atoms with Crippen molar-refractivity contribution in [1.82, 2.24) is 15.1 Å². The van der Waals surface area contributed by atoms with Crippen LogP contribution in [0.3, 0.4) is 0 Å². The smallest absolute Gasteiger partial charge is 0.00683 e. The molecule has 106 valence electrons. The van der Waals surface area contributed by atoms with Gasteiger partial charge in [-0.3, -0.25) is 0 Å². The van der Waals surface area contributed by atoms with Gasteiger partial charge in [0, 0.05) is 18.6 Å². The molecule has 3 nitrogen and oxygen atoms in total. The zero-order chi connectivity index (χ0) is 13.0. The molecular weight excluding hydrogens is 222 g/mol. The van der Waals surface area contributed by atoms with Gasteiger partial charge in [0.1, 0.15) is 0 Å². The standard InChI is InChI=1S/C15H31N3/c1-13(2)17(3)8-4-9-18-10-7-14(12-18)11-16-15-5-6-15/h13-16H,4-12H2,1-3H3. The van der Waals surface area contributed by atoms with Crippen LogP contribution in [0.2, 0.25) is 0 Å². The monoisotopic (exact) mass is 253 g/mol. The molecule has 3 heteroatoms. The first kappa shape index (κ1) is 14.3. The second-order valence-electron chi connectivity index (χ2n) is 6.57. The molecule has 0 amide bonds. The molecule has 2 rings (SSSR count). The SMILES string of the molecule is CC(C)N(C)CCCN1CCC(CNC2CC2)C1. The van der Waals surface area contributed by atoms with Crippen LogP contribution in [0.25, 0.3) is 0 Å². The highest BCUT2D eigenvalue weighted by Crippen LogP contribution is 2.21. The van der Waals surface area contributed by atoms with Crippen molar-refractivity contribution in [2.45, 2.75) is 51.6 Å². The summed E-state index contributed by atoms with van der Waals surface area (Å²) in [5, 5.41) is 3.67. The minimum Gasteiger partial charge on any atom is -0.314 e. The topological polar surface area (TPSA) is 18.5 Å². The molecule has 1 aliphatic carbocycles. The largest absolute Gasteiger partial charge is 0.314 e. The number of hydrogen-bond donors (Lipinski definition) is 1. The van der Waals surface area contributed by atoms with Gasteiger partial charge in [-0.25, -0.2) is 0 Å². The van der Waals surface area contributed by atoms with Crippen LogP contribution in [0.5, 0.6) is 0 Å². The van der Waals surface area contributed by atoms with Crippen molar-refractivity contribution < 1.29 is 0 Å². The van der Waals surface area contributed by atoms with Gasteiger partial charge in [-0.05, 0) is 78.7 Å². The first-order valence-electron chi connectivity index (χ1n) is 7.81. The Hall–Kier alpha value is -0.120. The molecule has 2 fully saturated rings. The van der Waals surface area contributed by atoms with Gasteiger partial charge >= 0.3 is 0 Å². The molecule has 0 aromatic heterocycles. The molecule has 1 aliphatic heterocycles. The van der Waals surface area contributed by atoms with Crippen molar-refractivity contribution in [2.75, 3.05) is 39.8 Å². The van der Waals surface area contributed by atoms with E-state index in [2.05, 4.69) is 36.0 Å². The maximum absolute atomic E-state index is 3.67. The van der Waals surface area contributed by atoms with Gasteiger partial charge in [-0.1, -0.05) is 0 Å². The average molecular weight is 253 g/mol. The first-order chi connectivity index (χ1) is 8.65. The van der Waals surface area contributed by atoms with Crippen molar-refractivity contribution in [3.05, 3.63) is 0 Å². The van der Waals surface area contributed by atoms with Crippen molar-refractivity contribution in [3.63, 3.8) is 0 Å². The first-order valence-corrected chi connectivity index (χ1v) is 7.81. The Morgan fingerprint density at radius 1 is 1.28 bits per heavy atom. The minimum atomic E-state index is 0.680. The summed E-state index contributed by atoms with van der Waals surface area (Å²) >= 11 is 0. The normalized spacial score (nSPS) is 25.5. The molecule has 0 bridgehead atoms. The van der Waals surface area contributed by atoms with Gasteiger partial charge in [0.15, 0.2) is 0 Å². The second-order valence-corrected chi connectivity index (χ2v) is 6.57. The van der Waals surface area contributed by atoms with E-state index in [1.54, 1.807) is 0 Å². The highest BCUT2D eigenvalue weighted by molar-refractivity contribution is 4.84. The van der Waals surface area contributed by atoms with E-state index in [0.717, 1.165) is 12.0 Å². The molecular formula is C15H31N3. The van der Waals surface area contributed by atoms with Crippen molar-refractivity contribution >= 4 is 0 Å². The third-order valence-corrected chi connectivity index (χ3v) is 4.51. The van der Waals surface area contributed by atoms with E-state index in [1.807, 2.05) is 0 Å². The average Bonchev–Trinajstić information content (AvgIpc) is 3.06. The zero-order valence-electron chi connectivity index (χ0n) is 12.5. The number of hydrogen-bond acceptors (Lipinski definition) is 3. The molecule has 1 heterocycles. The van der Waals surface area contributed by atoms with Crippen LogP contribution in [0.4, 0.5) is 0 Å². The molecule has 0 spiro atoms. The summed E-state index contributed by atoms with van der Waals surface area (Å²) in [6.07, 6.45) is 5.55. The number of nitrogens with zero attached hydrogens (tertiary/aromatic N) is 2. The minimum absolute atomic E-state index is 0.680. The van der Waals surface area contributed by atoms with E-state index in [1.165, 1.54) is 58.4 Å². The Balaban J connectivity index is 1.52. The number of rotatable bonds is 8. The van der Waals surface area contributed by atoms with Crippen LogP contribution in [0.15, 0.2) is 0 Å². The quantitative estimate of drug-likeness (QED) is 0.711. The molecule has 1 atom stereocenters. The summed E-state index contributed by atoms with van der Waals surface area (Å²) in [7, 11) is 2.23. The van der Waals surface area contributed by atoms with Gasteiger partial charge in [-0.15, -0.1) is 0 Å². The molecule has 0 aromatic rings. The van der Waals surface area contributed by atoms with E-state index in [9.17, 15) is 0 Å². The number of likely N-dealkylation sites (tertiary alicyclic amines) is 1. The van der Waals surface area contributed by atoms with E-state index in [4.69, 9.17) is 0 Å². The lowest BCUT2D eigenvalue weighted by atomic mass is 10.1. The molecule has 18 heavy (non-hydrogen) atoms. The maximum Gasteiger partial charge on any atom is 0.00683 e. The van der Waals surface area contributed by atoms with Crippen molar-refractivity contribution in [3.8, 4) is 0 Å². The maximum atomic E-state index is 3.67. The molecule has 0 aromatic carbocycles. The lowest BCUT2D eigenvalue weighted by molar-refractivity contribution is 0.242. The van der Waals surface area contributed by atoms with E-state index in [0.29, 0.717) is 6.04 Å². The zero-order valence-corrected chi connectivity index (χ0v) is 12.5. The fraction of sp³-hybridized carbons (Fsp3) is 1.00. The van der Waals surface area contributed by atoms with Gasteiger partial charge in [-0.2, -0.15) is 0 Å². The van der Waals surface area contributed by atoms with Crippen LogP contribution in [-0.2, 0) is 0 Å². The highest BCUT2D eigenvalue weighted by Gasteiger charge is 2.25. The fourth-order valence-electron chi connectivity index (χ4n) is 2.71. The van der Waals surface area contributed by atoms with Crippen LogP contribution in [0, 0.1) is 5.92 Å². The van der Waals surface area contributed by atoms with Crippen LogP contribution in [0.1, 0.15) is 39.5 Å². The fourth-order valence-corrected chi connectivity index (χ4v) is 2.71. The van der Waals surface area contributed by atoms with Crippen molar-refractivity contribution in [1.29, 1.82) is 0 Å². The lowest BCUT2D eigenvalue weighted by Crippen LogP contribution is -2.31. The predicted molar refractivity (Wildman–Crippen MR) is 78.0 cm³/mol. The molecule has 1 saturated carbocycles. The van der Waals surface area contributed by atoms with Crippen molar-refractivity contribution in [2.24, 2.45) is 5.92 Å². The van der Waals surface area contributed by atoms with Crippen LogP contribution < -0.4 is 5.32 Å². The lowest BCUT2D eigenvalue weighted by Gasteiger charge is -2.23. The molecule has 1 unspecified atom stereocenters. The molecule has 2 aliphatic rings. The van der Waals surface area contributed by atoms with Gasteiger partial charge < -0.3 is 15.1 Å². The number of nitrogens with one attached hydrogen (secondary N) is 1. The predicted octanol–water partition coefficient (Wildman–Crippen LogP) is 1.79. The molecule has 0 radical (unpaired) electrons. The van der Waals surface area contributed by atoms with Crippen LogP contribution >= 0.6 is 0 Å².